The Balaban J connectivity index is 2.09. The van der Waals surface area contributed by atoms with E-state index in [1.165, 1.54) is 31.4 Å². The van der Waals surface area contributed by atoms with Gasteiger partial charge in [-0.15, -0.1) is 0 Å². The largest absolute Gasteiger partial charge is 0.465 e. The lowest BCUT2D eigenvalue weighted by molar-refractivity contribution is -0.120. The number of carbonyl (C=O) groups excluding carboxylic acids is 2. The van der Waals surface area contributed by atoms with E-state index in [2.05, 4.69) is 9.46 Å². The molecule has 1 atom stereocenters. The Bertz CT molecular complexity index is 679. The molecule has 1 amide bonds. The monoisotopic (exact) mass is 325 g/mol. The van der Waals surface area contributed by atoms with Gasteiger partial charge in [0.2, 0.25) is 5.91 Å². The van der Waals surface area contributed by atoms with Crippen LogP contribution >= 0.6 is 0 Å². The van der Waals surface area contributed by atoms with Gasteiger partial charge < -0.3 is 4.74 Å². The van der Waals surface area contributed by atoms with Crippen LogP contribution in [0.15, 0.2) is 29.2 Å². The minimum atomic E-state index is -3.98. The molecule has 1 saturated carbocycles. The van der Waals surface area contributed by atoms with Gasteiger partial charge in [0.05, 0.1) is 17.6 Å². The van der Waals surface area contributed by atoms with Crippen molar-refractivity contribution in [3.8, 4) is 0 Å². The van der Waals surface area contributed by atoms with E-state index in [-0.39, 0.29) is 22.8 Å². The fraction of sp³-hybridized carbons (Fsp3) is 0.467. The van der Waals surface area contributed by atoms with E-state index in [1.807, 2.05) is 6.92 Å². The molecule has 22 heavy (non-hydrogen) atoms. The summed E-state index contributed by atoms with van der Waals surface area (Å²) in [6, 6.07) is 5.39. The number of esters is 1. The summed E-state index contributed by atoms with van der Waals surface area (Å²) >= 11 is 0. The summed E-state index contributed by atoms with van der Waals surface area (Å²) in [6.07, 6.45) is 2.38. The van der Waals surface area contributed by atoms with E-state index in [9.17, 15) is 18.0 Å². The van der Waals surface area contributed by atoms with Gasteiger partial charge in [0.15, 0.2) is 0 Å². The van der Waals surface area contributed by atoms with Crippen LogP contribution in [0, 0.1) is 11.8 Å². The second-order valence-corrected chi connectivity index (χ2v) is 7.25. The minimum Gasteiger partial charge on any atom is -0.465 e. The molecule has 0 spiro atoms. The number of methoxy groups -OCH3 is 1. The molecule has 120 valence electrons. The fourth-order valence-electron chi connectivity index (χ4n) is 2.28. The number of nitrogens with one attached hydrogen (secondary N) is 1. The van der Waals surface area contributed by atoms with Crippen molar-refractivity contribution < 1.29 is 22.7 Å². The first-order valence-electron chi connectivity index (χ1n) is 7.07. The zero-order chi connectivity index (χ0) is 16.3. The number of rotatable bonds is 6. The van der Waals surface area contributed by atoms with Crippen molar-refractivity contribution in [2.75, 3.05) is 7.11 Å². The zero-order valence-corrected chi connectivity index (χ0v) is 13.4. The third kappa shape index (κ3) is 4.07. The van der Waals surface area contributed by atoms with Gasteiger partial charge in [0.25, 0.3) is 10.0 Å². The van der Waals surface area contributed by atoms with Crippen LogP contribution in [0.3, 0.4) is 0 Å². The molecule has 0 unspecified atom stereocenters. The second-order valence-electron chi connectivity index (χ2n) is 5.57. The normalized spacial score (nSPS) is 15.9. The molecule has 1 N–H and O–H groups in total. The van der Waals surface area contributed by atoms with Crippen molar-refractivity contribution >= 4 is 21.9 Å². The Morgan fingerprint density at radius 2 is 2.05 bits per heavy atom. The van der Waals surface area contributed by atoms with Gasteiger partial charge in [-0.2, -0.15) is 0 Å². The molecule has 0 heterocycles. The van der Waals surface area contributed by atoms with Crippen LogP contribution in [0.5, 0.6) is 0 Å². The van der Waals surface area contributed by atoms with Crippen LogP contribution in [0.1, 0.15) is 36.5 Å². The Labute approximate surface area is 129 Å². The van der Waals surface area contributed by atoms with Crippen LogP contribution in [-0.4, -0.2) is 27.4 Å². The number of sulfonamides is 1. The molecule has 6 nitrogen and oxygen atoms in total. The quantitative estimate of drug-likeness (QED) is 0.804. The standard InChI is InChI=1S/C15H19NO5S/c1-10(11-6-7-11)8-14(17)16-22(19,20)13-5-3-4-12(9-13)15(18)21-2/h3-5,9-11H,6-8H2,1-2H3,(H,16,17)/t10-/m0/s1. The molecule has 2 rings (SSSR count). The molecule has 1 aliphatic rings. The molecule has 1 aromatic rings. The molecule has 0 bridgehead atoms. The third-order valence-electron chi connectivity index (χ3n) is 3.75. The zero-order valence-electron chi connectivity index (χ0n) is 12.5. The smallest absolute Gasteiger partial charge is 0.337 e. The van der Waals surface area contributed by atoms with Crippen molar-refractivity contribution in [3.63, 3.8) is 0 Å². The minimum absolute atomic E-state index is 0.115. The van der Waals surface area contributed by atoms with Gasteiger partial charge in [0, 0.05) is 6.42 Å². The average molecular weight is 325 g/mol. The van der Waals surface area contributed by atoms with Gasteiger partial charge >= 0.3 is 5.97 Å². The van der Waals surface area contributed by atoms with Crippen molar-refractivity contribution in [2.24, 2.45) is 11.8 Å². The lowest BCUT2D eigenvalue weighted by Gasteiger charge is -2.11. The van der Waals surface area contributed by atoms with Crippen molar-refractivity contribution in [1.82, 2.24) is 4.72 Å². The lowest BCUT2D eigenvalue weighted by Crippen LogP contribution is -2.32. The van der Waals surface area contributed by atoms with Gasteiger partial charge in [-0.3, -0.25) is 4.79 Å². The number of hydrogen-bond donors (Lipinski definition) is 1. The van der Waals surface area contributed by atoms with Gasteiger partial charge in [-0.1, -0.05) is 13.0 Å². The van der Waals surface area contributed by atoms with E-state index in [1.54, 1.807) is 0 Å². The summed E-state index contributed by atoms with van der Waals surface area (Å²) in [7, 11) is -2.77. The maximum Gasteiger partial charge on any atom is 0.337 e. The molecule has 0 radical (unpaired) electrons. The lowest BCUT2D eigenvalue weighted by atomic mass is 10.0. The molecular formula is C15H19NO5S. The maximum absolute atomic E-state index is 12.2. The summed E-state index contributed by atoms with van der Waals surface area (Å²) < 4.78 is 31.0. The summed E-state index contributed by atoms with van der Waals surface area (Å²) in [5.41, 5.74) is 0.115. The van der Waals surface area contributed by atoms with Crippen LogP contribution in [0.4, 0.5) is 0 Å². The highest BCUT2D eigenvalue weighted by atomic mass is 32.2. The average Bonchev–Trinajstić information content (AvgIpc) is 3.30. The van der Waals surface area contributed by atoms with E-state index in [0.717, 1.165) is 12.8 Å². The van der Waals surface area contributed by atoms with E-state index >= 15 is 0 Å². The van der Waals surface area contributed by atoms with Crippen molar-refractivity contribution in [1.29, 1.82) is 0 Å². The van der Waals surface area contributed by atoms with Crippen LogP contribution in [0.25, 0.3) is 0 Å². The van der Waals surface area contributed by atoms with E-state index in [0.29, 0.717) is 5.92 Å². The predicted molar refractivity (Wildman–Crippen MR) is 79.6 cm³/mol. The Hall–Kier alpha value is -1.89. The molecule has 1 aromatic carbocycles. The Kier molecular flexibility index (Phi) is 4.85. The number of hydrogen-bond acceptors (Lipinski definition) is 5. The summed E-state index contributed by atoms with van der Waals surface area (Å²) in [4.78, 5) is 23.2. The number of ether oxygens (including phenoxy) is 1. The highest BCUT2D eigenvalue weighted by Gasteiger charge is 2.30. The topological polar surface area (TPSA) is 89.5 Å². The highest BCUT2D eigenvalue weighted by molar-refractivity contribution is 7.90. The van der Waals surface area contributed by atoms with Crippen LogP contribution in [-0.2, 0) is 19.6 Å². The second kappa shape index (κ2) is 6.48. The first-order chi connectivity index (χ1) is 10.3. The molecule has 0 aromatic heterocycles. The third-order valence-corrected chi connectivity index (χ3v) is 5.12. The maximum atomic E-state index is 12.2. The first kappa shape index (κ1) is 16.5. The molecule has 1 aliphatic carbocycles. The van der Waals surface area contributed by atoms with Gasteiger partial charge in [-0.25, -0.2) is 17.9 Å². The van der Waals surface area contributed by atoms with Crippen molar-refractivity contribution in [3.05, 3.63) is 29.8 Å². The van der Waals surface area contributed by atoms with E-state index < -0.39 is 21.9 Å². The highest BCUT2D eigenvalue weighted by Crippen LogP contribution is 2.38. The predicted octanol–water partition coefficient (Wildman–Crippen LogP) is 1.71. The molecule has 1 fully saturated rings. The number of benzene rings is 1. The van der Waals surface area contributed by atoms with Crippen LogP contribution in [0.2, 0.25) is 0 Å². The number of amides is 1. The summed E-state index contributed by atoms with van der Waals surface area (Å²) in [5.74, 6) is -0.457. The summed E-state index contributed by atoms with van der Waals surface area (Å²) in [5, 5.41) is 0. The summed E-state index contributed by atoms with van der Waals surface area (Å²) in [6.45, 7) is 1.95. The molecule has 0 aliphatic heterocycles. The number of carbonyl (C=O) groups is 2. The fourth-order valence-corrected chi connectivity index (χ4v) is 3.32. The Morgan fingerprint density at radius 3 is 2.64 bits per heavy atom. The molecular weight excluding hydrogens is 306 g/mol. The molecule has 7 heteroatoms. The van der Waals surface area contributed by atoms with E-state index in [4.69, 9.17) is 0 Å². The van der Waals surface area contributed by atoms with Gasteiger partial charge in [-0.05, 0) is 42.9 Å². The van der Waals surface area contributed by atoms with Crippen LogP contribution < -0.4 is 4.72 Å². The molecule has 0 saturated heterocycles. The van der Waals surface area contributed by atoms with Gasteiger partial charge in [0.1, 0.15) is 0 Å². The van der Waals surface area contributed by atoms with Crippen molar-refractivity contribution in [2.45, 2.75) is 31.1 Å². The Morgan fingerprint density at radius 1 is 1.36 bits per heavy atom. The SMILES string of the molecule is COC(=O)c1cccc(S(=O)(=O)NC(=O)C[C@H](C)C2CC2)c1. The first-order valence-corrected chi connectivity index (χ1v) is 8.56.